The van der Waals surface area contributed by atoms with E-state index in [1.54, 1.807) is 18.3 Å². The zero-order chi connectivity index (χ0) is 21.7. The van der Waals surface area contributed by atoms with Gasteiger partial charge in [-0.25, -0.2) is 4.98 Å². The minimum Gasteiger partial charge on any atom is -0.351 e. The number of thiazole rings is 1. The van der Waals surface area contributed by atoms with Gasteiger partial charge in [-0.15, -0.1) is 0 Å². The third kappa shape index (κ3) is 6.07. The molecule has 3 rings (SSSR count). The Labute approximate surface area is 187 Å². The van der Waals surface area contributed by atoms with Crippen LogP contribution in [0.5, 0.6) is 0 Å². The molecule has 0 atom stereocenters. The Morgan fingerprint density at radius 1 is 1.30 bits per heavy atom. The van der Waals surface area contributed by atoms with E-state index in [4.69, 9.17) is 11.6 Å². The molecule has 1 heterocycles. The lowest BCUT2D eigenvalue weighted by atomic mass is 10.1. The van der Waals surface area contributed by atoms with E-state index in [0.29, 0.717) is 28.8 Å². The highest BCUT2D eigenvalue weighted by molar-refractivity contribution is 8.01. The normalized spacial score (nSPS) is 12.9. The standard InChI is InChI=1S/C20H21ClN4O3S2/c1-3-16(26)22-6-7-23-19(28)13-9-15(14(21)8-11(13)2)29-17-10-24-20(30-17)25-18(27)12-4-5-12/h3,8-10,12H,1,4-7H2,2H3,(H,22,26)(H,23,28)(H,24,25,27). The van der Waals surface area contributed by atoms with Gasteiger partial charge in [0.05, 0.1) is 15.4 Å². The van der Waals surface area contributed by atoms with Gasteiger partial charge in [-0.05, 0) is 43.5 Å². The summed E-state index contributed by atoms with van der Waals surface area (Å²) in [5.74, 6) is -0.413. The van der Waals surface area contributed by atoms with Gasteiger partial charge in [-0.3, -0.25) is 14.4 Å². The molecule has 0 saturated heterocycles. The fourth-order valence-electron chi connectivity index (χ4n) is 2.53. The Bertz CT molecular complexity index is 988. The number of rotatable bonds is 9. The first-order valence-electron chi connectivity index (χ1n) is 9.30. The summed E-state index contributed by atoms with van der Waals surface area (Å²) < 4.78 is 0.852. The Kier molecular flexibility index (Phi) is 7.52. The maximum absolute atomic E-state index is 12.5. The van der Waals surface area contributed by atoms with E-state index in [9.17, 15) is 14.4 Å². The minimum atomic E-state index is -0.289. The Hall–Kier alpha value is -2.36. The zero-order valence-corrected chi connectivity index (χ0v) is 18.7. The van der Waals surface area contributed by atoms with E-state index >= 15 is 0 Å². The maximum Gasteiger partial charge on any atom is 0.251 e. The predicted octanol–water partition coefficient (Wildman–Crippen LogP) is 3.64. The summed E-state index contributed by atoms with van der Waals surface area (Å²) in [6, 6.07) is 3.48. The first-order valence-corrected chi connectivity index (χ1v) is 11.3. The molecule has 30 heavy (non-hydrogen) atoms. The number of hydrogen-bond donors (Lipinski definition) is 3. The quantitative estimate of drug-likeness (QED) is 0.388. The molecule has 10 heteroatoms. The second kappa shape index (κ2) is 10.1. The Balaban J connectivity index is 1.63. The zero-order valence-electron chi connectivity index (χ0n) is 16.3. The number of anilines is 1. The molecule has 1 aliphatic rings. The second-order valence-corrected chi connectivity index (χ2v) is 9.48. The summed E-state index contributed by atoms with van der Waals surface area (Å²) in [6.45, 7) is 5.79. The molecule has 158 valence electrons. The van der Waals surface area contributed by atoms with Crippen molar-refractivity contribution < 1.29 is 14.4 Å². The molecule has 7 nitrogen and oxygen atoms in total. The fraction of sp³-hybridized carbons (Fsp3) is 0.300. The number of aryl methyl sites for hydroxylation is 1. The predicted molar refractivity (Wildman–Crippen MR) is 119 cm³/mol. The highest BCUT2D eigenvalue weighted by atomic mass is 35.5. The lowest BCUT2D eigenvalue weighted by molar-refractivity contribution is -0.117. The summed E-state index contributed by atoms with van der Waals surface area (Å²) in [6.07, 6.45) is 4.72. The number of aromatic nitrogens is 1. The van der Waals surface area contributed by atoms with Crippen molar-refractivity contribution in [1.82, 2.24) is 15.6 Å². The van der Waals surface area contributed by atoms with Gasteiger partial charge in [0.25, 0.3) is 5.91 Å². The second-order valence-electron chi connectivity index (χ2n) is 6.70. The van der Waals surface area contributed by atoms with Crippen molar-refractivity contribution in [2.45, 2.75) is 28.9 Å². The number of carbonyl (C=O) groups excluding carboxylic acids is 3. The molecule has 0 bridgehead atoms. The molecule has 2 aromatic rings. The number of hydrogen-bond acceptors (Lipinski definition) is 6. The summed E-state index contributed by atoms with van der Waals surface area (Å²) in [5, 5.41) is 9.29. The van der Waals surface area contributed by atoms with Crippen LogP contribution in [0.3, 0.4) is 0 Å². The van der Waals surface area contributed by atoms with Gasteiger partial charge in [0.1, 0.15) is 0 Å². The van der Waals surface area contributed by atoms with E-state index in [0.717, 1.165) is 27.5 Å². The number of nitrogens with zero attached hydrogens (tertiary/aromatic N) is 1. The SMILES string of the molecule is C=CC(=O)NCCNC(=O)c1cc(Sc2cnc(NC(=O)C3CC3)s2)c(Cl)cc1C. The smallest absolute Gasteiger partial charge is 0.251 e. The van der Waals surface area contributed by atoms with Crippen molar-refractivity contribution >= 4 is 57.6 Å². The highest BCUT2D eigenvalue weighted by Crippen LogP contribution is 2.39. The van der Waals surface area contributed by atoms with Crippen LogP contribution in [-0.2, 0) is 9.59 Å². The van der Waals surface area contributed by atoms with Gasteiger partial charge in [-0.1, -0.05) is 41.3 Å². The number of benzene rings is 1. The third-order valence-electron chi connectivity index (χ3n) is 4.29. The van der Waals surface area contributed by atoms with Crippen LogP contribution in [-0.4, -0.2) is 35.8 Å². The van der Waals surface area contributed by atoms with Crippen LogP contribution in [0.25, 0.3) is 0 Å². The molecule has 0 aliphatic heterocycles. The molecule has 3 N–H and O–H groups in total. The molecule has 0 spiro atoms. The van der Waals surface area contributed by atoms with Crippen LogP contribution in [0.1, 0.15) is 28.8 Å². The van der Waals surface area contributed by atoms with Gasteiger partial charge >= 0.3 is 0 Å². The average Bonchev–Trinajstić information content (AvgIpc) is 3.48. The topological polar surface area (TPSA) is 100 Å². The molecule has 1 saturated carbocycles. The highest BCUT2D eigenvalue weighted by Gasteiger charge is 2.30. The van der Waals surface area contributed by atoms with Gasteiger partial charge < -0.3 is 16.0 Å². The lowest BCUT2D eigenvalue weighted by Crippen LogP contribution is -2.34. The van der Waals surface area contributed by atoms with E-state index in [1.165, 1.54) is 29.2 Å². The number of amides is 3. The summed E-state index contributed by atoms with van der Waals surface area (Å²) in [4.78, 5) is 40.5. The van der Waals surface area contributed by atoms with E-state index in [1.807, 2.05) is 6.92 Å². The largest absolute Gasteiger partial charge is 0.351 e. The van der Waals surface area contributed by atoms with E-state index in [2.05, 4.69) is 27.5 Å². The van der Waals surface area contributed by atoms with Crippen molar-refractivity contribution in [3.63, 3.8) is 0 Å². The fourth-order valence-corrected chi connectivity index (χ4v) is 4.75. The molecular weight excluding hydrogens is 444 g/mol. The Morgan fingerprint density at radius 3 is 2.73 bits per heavy atom. The van der Waals surface area contributed by atoms with Crippen LogP contribution in [0.4, 0.5) is 5.13 Å². The van der Waals surface area contributed by atoms with Crippen molar-refractivity contribution in [2.75, 3.05) is 18.4 Å². The molecule has 1 fully saturated rings. The number of halogens is 1. The van der Waals surface area contributed by atoms with Crippen molar-refractivity contribution in [1.29, 1.82) is 0 Å². The monoisotopic (exact) mass is 464 g/mol. The van der Waals surface area contributed by atoms with Crippen LogP contribution in [0, 0.1) is 12.8 Å². The summed E-state index contributed by atoms with van der Waals surface area (Å²) in [5.41, 5.74) is 1.25. The first kappa shape index (κ1) is 22.3. The molecule has 1 aliphatic carbocycles. The van der Waals surface area contributed by atoms with Crippen molar-refractivity contribution in [3.8, 4) is 0 Å². The van der Waals surface area contributed by atoms with Gasteiger partial charge in [-0.2, -0.15) is 0 Å². The molecule has 3 amide bonds. The summed E-state index contributed by atoms with van der Waals surface area (Å²) in [7, 11) is 0. The van der Waals surface area contributed by atoms with Crippen molar-refractivity contribution in [3.05, 3.63) is 47.1 Å². The van der Waals surface area contributed by atoms with Crippen molar-refractivity contribution in [2.24, 2.45) is 5.92 Å². The molecule has 1 aromatic heterocycles. The van der Waals surface area contributed by atoms with Crippen LogP contribution in [0.2, 0.25) is 5.02 Å². The van der Waals surface area contributed by atoms with E-state index < -0.39 is 0 Å². The first-order chi connectivity index (χ1) is 14.4. The molecule has 1 aromatic carbocycles. The Morgan fingerprint density at radius 2 is 2.03 bits per heavy atom. The summed E-state index contributed by atoms with van der Waals surface area (Å²) >= 11 is 9.13. The minimum absolute atomic E-state index is 0.0116. The van der Waals surface area contributed by atoms with Crippen LogP contribution >= 0.6 is 34.7 Å². The lowest BCUT2D eigenvalue weighted by Gasteiger charge is -2.11. The van der Waals surface area contributed by atoms with E-state index in [-0.39, 0.29) is 23.6 Å². The third-order valence-corrected chi connectivity index (χ3v) is 6.79. The average molecular weight is 465 g/mol. The van der Waals surface area contributed by atoms with Crippen LogP contribution < -0.4 is 16.0 Å². The maximum atomic E-state index is 12.5. The van der Waals surface area contributed by atoms with Gasteiger partial charge in [0.15, 0.2) is 5.13 Å². The van der Waals surface area contributed by atoms with Gasteiger partial charge in [0, 0.05) is 29.5 Å². The number of carbonyl (C=O) groups is 3. The number of nitrogens with one attached hydrogen (secondary N) is 3. The van der Waals surface area contributed by atoms with Gasteiger partial charge in [0.2, 0.25) is 11.8 Å². The molecular formula is C20H21ClN4O3S2. The van der Waals surface area contributed by atoms with Crippen LogP contribution in [0.15, 0.2) is 40.1 Å². The molecule has 0 unspecified atom stereocenters. The molecule has 0 radical (unpaired) electrons.